The van der Waals surface area contributed by atoms with Crippen LogP contribution in [0.3, 0.4) is 0 Å². The zero-order valence-corrected chi connectivity index (χ0v) is 10.3. The van der Waals surface area contributed by atoms with E-state index >= 15 is 0 Å². The van der Waals surface area contributed by atoms with E-state index in [1.807, 2.05) is 12.1 Å². The van der Waals surface area contributed by atoms with Crippen LogP contribution in [-0.2, 0) is 4.74 Å². The number of benzene rings is 1. The fourth-order valence-corrected chi connectivity index (χ4v) is 1.91. The van der Waals surface area contributed by atoms with Crippen molar-refractivity contribution in [2.24, 2.45) is 0 Å². The Morgan fingerprint density at radius 2 is 2.06 bits per heavy atom. The van der Waals surface area contributed by atoms with Crippen molar-refractivity contribution in [3.63, 3.8) is 0 Å². The average Bonchev–Trinajstić information content (AvgIpc) is 2.37. The molecular weight excluding hydrogens is 216 g/mol. The van der Waals surface area contributed by atoms with Crippen molar-refractivity contribution in [1.29, 1.82) is 0 Å². The molecule has 4 nitrogen and oxygen atoms in total. The van der Waals surface area contributed by atoms with Crippen molar-refractivity contribution in [2.45, 2.75) is 13.3 Å². The number of morpholine rings is 1. The zero-order chi connectivity index (χ0) is 12.1. The van der Waals surface area contributed by atoms with Crippen molar-refractivity contribution in [3.8, 4) is 5.75 Å². The standard InChI is InChI=1S/C13H20N2O2/c1-2-5-17-13-9-11(14)8-12(10-13)15-3-6-16-7-4-15/h8-10H,2-7,14H2,1H3. The van der Waals surface area contributed by atoms with Crippen LogP contribution in [-0.4, -0.2) is 32.9 Å². The molecule has 94 valence electrons. The van der Waals surface area contributed by atoms with E-state index < -0.39 is 0 Å². The lowest BCUT2D eigenvalue weighted by molar-refractivity contribution is 0.122. The molecule has 1 aliphatic heterocycles. The molecule has 0 radical (unpaired) electrons. The van der Waals surface area contributed by atoms with Gasteiger partial charge in [-0.2, -0.15) is 0 Å². The largest absolute Gasteiger partial charge is 0.493 e. The van der Waals surface area contributed by atoms with E-state index in [0.717, 1.165) is 56.5 Å². The van der Waals surface area contributed by atoms with Gasteiger partial charge < -0.3 is 20.1 Å². The van der Waals surface area contributed by atoms with Crippen LogP contribution >= 0.6 is 0 Å². The highest BCUT2D eigenvalue weighted by Crippen LogP contribution is 2.26. The SMILES string of the molecule is CCCOc1cc(N)cc(N2CCOCC2)c1. The van der Waals surface area contributed by atoms with Crippen molar-refractivity contribution >= 4 is 11.4 Å². The predicted molar refractivity (Wildman–Crippen MR) is 69.7 cm³/mol. The number of hydrogen-bond donors (Lipinski definition) is 1. The van der Waals surface area contributed by atoms with Crippen LogP contribution in [0.25, 0.3) is 0 Å². The van der Waals surface area contributed by atoms with E-state index in [2.05, 4.69) is 17.9 Å². The highest BCUT2D eigenvalue weighted by Gasteiger charge is 2.12. The van der Waals surface area contributed by atoms with E-state index in [-0.39, 0.29) is 0 Å². The molecule has 0 unspecified atom stereocenters. The summed E-state index contributed by atoms with van der Waals surface area (Å²) in [5, 5.41) is 0. The number of nitrogen functional groups attached to an aromatic ring is 1. The van der Waals surface area contributed by atoms with Crippen LogP contribution in [0.15, 0.2) is 18.2 Å². The summed E-state index contributed by atoms with van der Waals surface area (Å²) < 4.78 is 11.0. The number of nitrogens with zero attached hydrogens (tertiary/aromatic N) is 1. The molecule has 0 aromatic heterocycles. The third kappa shape index (κ3) is 3.27. The predicted octanol–water partition coefficient (Wildman–Crippen LogP) is 1.89. The molecule has 0 spiro atoms. The van der Waals surface area contributed by atoms with Gasteiger partial charge in [-0.05, 0) is 12.5 Å². The molecule has 1 heterocycles. The van der Waals surface area contributed by atoms with Crippen LogP contribution in [0.1, 0.15) is 13.3 Å². The Balaban J connectivity index is 2.12. The summed E-state index contributed by atoms with van der Waals surface area (Å²) in [4.78, 5) is 2.28. The van der Waals surface area contributed by atoms with Gasteiger partial charge in [0.1, 0.15) is 5.75 Å². The van der Waals surface area contributed by atoms with Gasteiger partial charge in [0.05, 0.1) is 19.8 Å². The molecule has 2 N–H and O–H groups in total. The molecule has 1 aliphatic rings. The van der Waals surface area contributed by atoms with Gasteiger partial charge >= 0.3 is 0 Å². The van der Waals surface area contributed by atoms with Crippen LogP contribution in [0.5, 0.6) is 5.75 Å². The zero-order valence-electron chi connectivity index (χ0n) is 10.3. The smallest absolute Gasteiger partial charge is 0.123 e. The van der Waals surface area contributed by atoms with Gasteiger partial charge in [-0.1, -0.05) is 6.92 Å². The second kappa shape index (κ2) is 5.77. The first-order valence-electron chi connectivity index (χ1n) is 6.15. The number of hydrogen-bond acceptors (Lipinski definition) is 4. The van der Waals surface area contributed by atoms with Gasteiger partial charge in [0.2, 0.25) is 0 Å². The topological polar surface area (TPSA) is 47.7 Å². The minimum atomic E-state index is 0.728. The third-order valence-corrected chi connectivity index (χ3v) is 2.76. The molecular formula is C13H20N2O2. The Hall–Kier alpha value is -1.42. The van der Waals surface area contributed by atoms with E-state index in [1.165, 1.54) is 0 Å². The Labute approximate surface area is 102 Å². The quantitative estimate of drug-likeness (QED) is 0.811. The van der Waals surface area contributed by atoms with E-state index in [4.69, 9.17) is 15.2 Å². The fraction of sp³-hybridized carbons (Fsp3) is 0.538. The van der Waals surface area contributed by atoms with Crippen LogP contribution in [0.2, 0.25) is 0 Å². The maximum absolute atomic E-state index is 5.90. The molecule has 0 saturated carbocycles. The normalized spacial score (nSPS) is 15.9. The van der Waals surface area contributed by atoms with Gasteiger partial charge in [-0.25, -0.2) is 0 Å². The molecule has 0 bridgehead atoms. The van der Waals surface area contributed by atoms with Crippen molar-refractivity contribution < 1.29 is 9.47 Å². The Morgan fingerprint density at radius 1 is 1.29 bits per heavy atom. The maximum atomic E-state index is 5.90. The van der Waals surface area contributed by atoms with E-state index in [1.54, 1.807) is 0 Å². The minimum Gasteiger partial charge on any atom is -0.493 e. The first-order chi connectivity index (χ1) is 8.29. The summed E-state index contributed by atoms with van der Waals surface area (Å²) in [5.74, 6) is 0.855. The molecule has 1 aromatic carbocycles. The summed E-state index contributed by atoms with van der Waals surface area (Å²) in [5.41, 5.74) is 7.77. The Kier molecular flexibility index (Phi) is 4.09. The minimum absolute atomic E-state index is 0.728. The van der Waals surface area contributed by atoms with Crippen molar-refractivity contribution in [1.82, 2.24) is 0 Å². The lowest BCUT2D eigenvalue weighted by Crippen LogP contribution is -2.36. The highest BCUT2D eigenvalue weighted by atomic mass is 16.5. The van der Waals surface area contributed by atoms with Crippen molar-refractivity contribution in [2.75, 3.05) is 43.5 Å². The van der Waals surface area contributed by atoms with E-state index in [0.29, 0.717) is 0 Å². The second-order valence-electron chi connectivity index (χ2n) is 4.21. The summed E-state index contributed by atoms with van der Waals surface area (Å²) in [6.45, 7) is 6.20. The first kappa shape index (κ1) is 12.0. The molecule has 4 heteroatoms. The molecule has 1 saturated heterocycles. The summed E-state index contributed by atoms with van der Waals surface area (Å²) in [7, 11) is 0. The van der Waals surface area contributed by atoms with Crippen LogP contribution in [0.4, 0.5) is 11.4 Å². The van der Waals surface area contributed by atoms with Gasteiger partial charge in [0, 0.05) is 36.6 Å². The summed E-state index contributed by atoms with van der Waals surface area (Å²) in [6, 6.07) is 5.92. The monoisotopic (exact) mass is 236 g/mol. The fourth-order valence-electron chi connectivity index (χ4n) is 1.91. The lowest BCUT2D eigenvalue weighted by Gasteiger charge is -2.29. The number of nitrogens with two attached hydrogens (primary N) is 1. The average molecular weight is 236 g/mol. The van der Waals surface area contributed by atoms with Gasteiger partial charge in [0.15, 0.2) is 0 Å². The molecule has 0 amide bonds. The van der Waals surface area contributed by atoms with Crippen LogP contribution < -0.4 is 15.4 Å². The Bertz CT molecular complexity index is 362. The van der Waals surface area contributed by atoms with Gasteiger partial charge in [-0.15, -0.1) is 0 Å². The molecule has 17 heavy (non-hydrogen) atoms. The highest BCUT2D eigenvalue weighted by molar-refractivity contribution is 5.60. The summed E-state index contributed by atoms with van der Waals surface area (Å²) in [6.07, 6.45) is 1.00. The van der Waals surface area contributed by atoms with Gasteiger partial charge in [0.25, 0.3) is 0 Å². The van der Waals surface area contributed by atoms with Crippen molar-refractivity contribution in [3.05, 3.63) is 18.2 Å². The third-order valence-electron chi connectivity index (χ3n) is 2.76. The molecule has 0 atom stereocenters. The lowest BCUT2D eigenvalue weighted by atomic mass is 10.2. The molecule has 1 aromatic rings. The summed E-state index contributed by atoms with van der Waals surface area (Å²) >= 11 is 0. The number of ether oxygens (including phenoxy) is 2. The first-order valence-corrected chi connectivity index (χ1v) is 6.15. The van der Waals surface area contributed by atoms with Crippen LogP contribution in [0, 0.1) is 0 Å². The Morgan fingerprint density at radius 3 is 2.76 bits per heavy atom. The number of anilines is 2. The number of rotatable bonds is 4. The molecule has 1 fully saturated rings. The maximum Gasteiger partial charge on any atom is 0.123 e. The van der Waals surface area contributed by atoms with Gasteiger partial charge in [-0.3, -0.25) is 0 Å². The second-order valence-corrected chi connectivity index (χ2v) is 4.21. The molecule has 0 aliphatic carbocycles. The molecule has 2 rings (SSSR count). The van der Waals surface area contributed by atoms with E-state index in [9.17, 15) is 0 Å².